The number of amides is 1. The van der Waals surface area contributed by atoms with Crippen LogP contribution in [0.1, 0.15) is 28.9 Å². The number of benzene rings is 2. The van der Waals surface area contributed by atoms with Crippen LogP contribution in [0.15, 0.2) is 60.8 Å². The quantitative estimate of drug-likeness (QED) is 0.602. The first kappa shape index (κ1) is 19.0. The number of carbonyl (C=O) groups excluding carboxylic acids is 1. The van der Waals surface area contributed by atoms with E-state index in [1.807, 2.05) is 13.0 Å². The molecule has 3 aromatic rings. The molecule has 0 saturated heterocycles. The number of hydrogen-bond donors (Lipinski definition) is 2. The predicted octanol–water partition coefficient (Wildman–Crippen LogP) is 5.36. The summed E-state index contributed by atoms with van der Waals surface area (Å²) in [7, 11) is 0. The molecule has 2 aromatic carbocycles. The van der Waals surface area contributed by atoms with Gasteiger partial charge in [-0.05, 0) is 42.8 Å². The van der Waals surface area contributed by atoms with Crippen molar-refractivity contribution < 1.29 is 9.53 Å². The minimum absolute atomic E-state index is 0.241. The molecule has 0 aliphatic carbocycles. The summed E-state index contributed by atoms with van der Waals surface area (Å²) >= 11 is 11.9. The lowest BCUT2D eigenvalue weighted by molar-refractivity contribution is 0.102. The molecule has 0 spiro atoms. The van der Waals surface area contributed by atoms with Crippen molar-refractivity contribution in [1.29, 1.82) is 0 Å². The fraction of sp³-hybridized carbons (Fsp3) is 0.100. The molecule has 1 amide bonds. The molecule has 5 nitrogen and oxygen atoms in total. The van der Waals surface area contributed by atoms with Gasteiger partial charge in [-0.25, -0.2) is 4.98 Å². The van der Waals surface area contributed by atoms with Crippen LogP contribution >= 0.6 is 23.2 Å². The van der Waals surface area contributed by atoms with Gasteiger partial charge < -0.3 is 15.8 Å². The number of hydrogen-bond acceptors (Lipinski definition) is 4. The normalized spacial score (nSPS) is 11.7. The van der Waals surface area contributed by atoms with Crippen molar-refractivity contribution in [3.05, 3.63) is 82.0 Å². The van der Waals surface area contributed by atoms with Gasteiger partial charge in [0.1, 0.15) is 6.10 Å². The summed E-state index contributed by atoms with van der Waals surface area (Å²) in [6, 6.07) is 15.7. The van der Waals surface area contributed by atoms with E-state index in [0.29, 0.717) is 27.0 Å². The van der Waals surface area contributed by atoms with Crippen molar-refractivity contribution >= 4 is 40.6 Å². The molecule has 0 radical (unpaired) electrons. The Kier molecular flexibility index (Phi) is 5.84. The maximum absolute atomic E-state index is 12.5. The smallest absolute Gasteiger partial charge is 0.255 e. The molecule has 138 valence electrons. The van der Waals surface area contributed by atoms with E-state index in [4.69, 9.17) is 33.7 Å². The van der Waals surface area contributed by atoms with Crippen molar-refractivity contribution in [2.45, 2.75) is 13.0 Å². The number of pyridine rings is 1. The molecule has 0 aliphatic rings. The fourth-order valence-corrected chi connectivity index (χ4v) is 2.82. The van der Waals surface area contributed by atoms with Crippen LogP contribution < -0.4 is 15.8 Å². The largest absolute Gasteiger partial charge is 0.482 e. The van der Waals surface area contributed by atoms with Crippen molar-refractivity contribution in [2.75, 3.05) is 11.1 Å². The number of carbonyl (C=O) groups is 1. The van der Waals surface area contributed by atoms with Crippen LogP contribution in [0.4, 0.5) is 11.5 Å². The number of anilines is 2. The monoisotopic (exact) mass is 401 g/mol. The second-order valence-electron chi connectivity index (χ2n) is 5.89. The number of nitrogens with zero attached hydrogens (tertiary/aromatic N) is 1. The number of ether oxygens (including phenoxy) is 1. The van der Waals surface area contributed by atoms with E-state index in [9.17, 15) is 4.79 Å². The van der Waals surface area contributed by atoms with Gasteiger partial charge in [0.2, 0.25) is 0 Å². The van der Waals surface area contributed by atoms with Crippen LogP contribution in [-0.2, 0) is 0 Å². The lowest BCUT2D eigenvalue weighted by Gasteiger charge is -2.17. The molecule has 0 fully saturated rings. The van der Waals surface area contributed by atoms with Crippen LogP contribution in [-0.4, -0.2) is 10.9 Å². The molecule has 1 aromatic heterocycles. The van der Waals surface area contributed by atoms with Gasteiger partial charge >= 0.3 is 0 Å². The van der Waals surface area contributed by atoms with Gasteiger partial charge in [0.05, 0.1) is 5.02 Å². The van der Waals surface area contributed by atoms with E-state index < -0.39 is 0 Å². The highest BCUT2D eigenvalue weighted by Gasteiger charge is 2.14. The minimum atomic E-state index is -0.355. The summed E-state index contributed by atoms with van der Waals surface area (Å²) in [5, 5.41) is 3.80. The molecule has 0 saturated carbocycles. The molecular formula is C20H17Cl2N3O2. The highest BCUT2D eigenvalue weighted by Crippen LogP contribution is 2.28. The number of nitrogens with one attached hydrogen (secondary N) is 1. The zero-order valence-corrected chi connectivity index (χ0v) is 16.0. The Morgan fingerprint density at radius 3 is 2.67 bits per heavy atom. The Morgan fingerprint density at radius 2 is 1.89 bits per heavy atom. The molecule has 3 rings (SSSR count). The minimum Gasteiger partial charge on any atom is -0.482 e. The Labute approximate surface area is 167 Å². The summed E-state index contributed by atoms with van der Waals surface area (Å²) in [6.07, 6.45) is 1.10. The second kappa shape index (κ2) is 8.29. The molecule has 1 atom stereocenters. The van der Waals surface area contributed by atoms with E-state index in [1.54, 1.807) is 48.5 Å². The van der Waals surface area contributed by atoms with E-state index in [1.165, 1.54) is 6.20 Å². The highest BCUT2D eigenvalue weighted by atomic mass is 35.5. The summed E-state index contributed by atoms with van der Waals surface area (Å²) in [5.74, 6) is 0.403. The van der Waals surface area contributed by atoms with Crippen molar-refractivity contribution in [2.24, 2.45) is 0 Å². The first-order chi connectivity index (χ1) is 12.9. The maximum atomic E-state index is 12.5. The summed E-state index contributed by atoms with van der Waals surface area (Å²) in [6.45, 7) is 1.86. The molecule has 0 aliphatic heterocycles. The Balaban J connectivity index is 1.76. The zero-order chi connectivity index (χ0) is 19.4. The van der Waals surface area contributed by atoms with Crippen molar-refractivity contribution in [3.63, 3.8) is 0 Å². The maximum Gasteiger partial charge on any atom is 0.255 e. The van der Waals surface area contributed by atoms with Crippen LogP contribution in [0, 0.1) is 0 Å². The molecule has 3 N–H and O–H groups in total. The number of aromatic nitrogens is 1. The Hall–Kier alpha value is -2.76. The lowest BCUT2D eigenvalue weighted by atomic mass is 10.1. The lowest BCUT2D eigenvalue weighted by Crippen LogP contribution is -2.13. The first-order valence-corrected chi connectivity index (χ1v) is 8.92. The van der Waals surface area contributed by atoms with Gasteiger partial charge in [-0.1, -0.05) is 41.4 Å². The van der Waals surface area contributed by atoms with Gasteiger partial charge in [-0.3, -0.25) is 4.79 Å². The first-order valence-electron chi connectivity index (χ1n) is 8.17. The summed E-state index contributed by atoms with van der Waals surface area (Å²) in [4.78, 5) is 16.5. The number of nitrogen functional groups attached to an aromatic ring is 1. The molecule has 1 unspecified atom stereocenters. The van der Waals surface area contributed by atoms with Crippen LogP contribution in [0.5, 0.6) is 5.75 Å². The summed E-state index contributed by atoms with van der Waals surface area (Å²) < 4.78 is 5.86. The van der Waals surface area contributed by atoms with Crippen molar-refractivity contribution in [3.8, 4) is 5.75 Å². The van der Waals surface area contributed by atoms with Gasteiger partial charge in [0.25, 0.3) is 5.91 Å². The third kappa shape index (κ3) is 4.90. The highest BCUT2D eigenvalue weighted by molar-refractivity contribution is 6.31. The van der Waals surface area contributed by atoms with Crippen molar-refractivity contribution in [1.82, 2.24) is 4.98 Å². The number of halogens is 2. The standard InChI is InChI=1S/C20H17Cl2N3O2/c1-12(27-18-10-16(22)11-24-19(18)23)13-4-2-5-14(8-13)20(26)25-17-7-3-6-15(21)9-17/h2-12H,1H3,(H2,23,24)(H,25,26). The molecular weight excluding hydrogens is 385 g/mol. The average Bonchev–Trinajstić information content (AvgIpc) is 2.65. The van der Waals surface area contributed by atoms with Gasteiger partial charge in [0.15, 0.2) is 11.6 Å². The average molecular weight is 402 g/mol. The third-order valence-electron chi connectivity index (χ3n) is 3.85. The van der Waals surface area contributed by atoms with E-state index in [0.717, 1.165) is 5.56 Å². The topological polar surface area (TPSA) is 77.2 Å². The van der Waals surface area contributed by atoms with Gasteiger partial charge in [0, 0.05) is 28.5 Å². The Bertz CT molecular complexity index is 979. The van der Waals surface area contributed by atoms with Crippen LogP contribution in [0.3, 0.4) is 0 Å². The van der Waals surface area contributed by atoms with E-state index >= 15 is 0 Å². The molecule has 7 heteroatoms. The fourth-order valence-electron chi connectivity index (χ4n) is 2.49. The number of nitrogens with two attached hydrogens (primary N) is 1. The van der Waals surface area contributed by atoms with Crippen LogP contribution in [0.2, 0.25) is 10.0 Å². The van der Waals surface area contributed by atoms with Crippen LogP contribution in [0.25, 0.3) is 0 Å². The molecule has 1 heterocycles. The molecule has 0 bridgehead atoms. The second-order valence-corrected chi connectivity index (χ2v) is 6.76. The summed E-state index contributed by atoms with van der Waals surface area (Å²) in [5.41, 5.74) is 7.76. The number of rotatable bonds is 5. The third-order valence-corrected chi connectivity index (χ3v) is 4.29. The van der Waals surface area contributed by atoms with E-state index in [-0.39, 0.29) is 17.8 Å². The SMILES string of the molecule is CC(Oc1cc(Cl)cnc1N)c1cccc(C(=O)Nc2cccc(Cl)c2)c1. The van der Waals surface area contributed by atoms with Gasteiger partial charge in [-0.15, -0.1) is 0 Å². The van der Waals surface area contributed by atoms with E-state index in [2.05, 4.69) is 10.3 Å². The predicted molar refractivity (Wildman–Crippen MR) is 109 cm³/mol. The molecule has 27 heavy (non-hydrogen) atoms. The Morgan fingerprint density at radius 1 is 1.11 bits per heavy atom. The zero-order valence-electron chi connectivity index (χ0n) is 14.4. The van der Waals surface area contributed by atoms with Gasteiger partial charge in [-0.2, -0.15) is 0 Å².